The highest BCUT2D eigenvalue weighted by Crippen LogP contribution is 2.37. The normalized spacial score (nSPS) is 15.8. The van der Waals surface area contributed by atoms with Gasteiger partial charge in [0.1, 0.15) is 0 Å². The van der Waals surface area contributed by atoms with Crippen LogP contribution >= 0.6 is 0 Å². The molecule has 0 aromatic heterocycles. The molecule has 1 aliphatic heterocycles. The lowest BCUT2D eigenvalue weighted by atomic mass is 10.1. The van der Waals surface area contributed by atoms with E-state index >= 15 is 0 Å². The second-order valence-corrected chi connectivity index (χ2v) is 3.67. The third-order valence-corrected chi connectivity index (χ3v) is 2.53. The Morgan fingerprint density at radius 1 is 1.35 bits per heavy atom. The van der Waals surface area contributed by atoms with Crippen LogP contribution in [0.2, 0.25) is 0 Å². The van der Waals surface area contributed by atoms with Crippen molar-refractivity contribution in [3.63, 3.8) is 0 Å². The molecule has 1 aromatic carbocycles. The van der Waals surface area contributed by atoms with Crippen LogP contribution in [-0.4, -0.2) is 19.2 Å². The van der Waals surface area contributed by atoms with E-state index in [1.807, 2.05) is 0 Å². The summed E-state index contributed by atoms with van der Waals surface area (Å²) in [7, 11) is 1.44. The Morgan fingerprint density at radius 2 is 2.06 bits per heavy atom. The van der Waals surface area contributed by atoms with E-state index in [-0.39, 0.29) is 18.0 Å². The van der Waals surface area contributed by atoms with Crippen LogP contribution in [0.1, 0.15) is 12.0 Å². The fourth-order valence-corrected chi connectivity index (χ4v) is 1.57. The van der Waals surface area contributed by atoms with E-state index < -0.39 is 11.7 Å². The third kappa shape index (κ3) is 2.15. The smallest absolute Gasteiger partial charge is 0.313 e. The summed E-state index contributed by atoms with van der Waals surface area (Å²) in [5.74, 6) is -0.285. The number of aliphatic imine (C=N–C) groups is 1. The van der Waals surface area contributed by atoms with Crippen LogP contribution in [0.15, 0.2) is 23.2 Å². The maximum atomic E-state index is 12.5. The second kappa shape index (κ2) is 3.87. The van der Waals surface area contributed by atoms with E-state index in [2.05, 4.69) is 4.99 Å². The fourth-order valence-electron chi connectivity index (χ4n) is 1.57. The first-order chi connectivity index (χ1) is 7.89. The van der Waals surface area contributed by atoms with Crippen molar-refractivity contribution >= 4 is 23.5 Å². The van der Waals surface area contributed by atoms with Crippen molar-refractivity contribution in [1.82, 2.24) is 0 Å². The number of hydrogen-bond acceptors (Lipinski definition) is 2. The zero-order chi connectivity index (χ0) is 12.6. The van der Waals surface area contributed by atoms with E-state index in [0.717, 1.165) is 12.1 Å². The number of amides is 1. The molecule has 0 unspecified atom stereocenters. The largest absolute Gasteiger partial charge is 0.416 e. The SMILES string of the molecule is CN1C(=O)CC=Nc2ccc(C(F)(F)F)cc21. The second-order valence-electron chi connectivity index (χ2n) is 3.67. The number of rotatable bonds is 0. The zero-order valence-corrected chi connectivity index (χ0v) is 8.95. The summed E-state index contributed by atoms with van der Waals surface area (Å²) in [6.07, 6.45) is -2.93. The molecule has 0 radical (unpaired) electrons. The number of anilines is 1. The Bertz CT molecular complexity index is 494. The summed E-state index contributed by atoms with van der Waals surface area (Å²) < 4.78 is 37.6. The predicted molar refractivity (Wildman–Crippen MR) is 57.6 cm³/mol. The van der Waals surface area contributed by atoms with Crippen molar-refractivity contribution in [1.29, 1.82) is 0 Å². The lowest BCUT2D eigenvalue weighted by molar-refractivity contribution is -0.137. The highest BCUT2D eigenvalue weighted by atomic mass is 19.4. The Kier molecular flexibility index (Phi) is 2.65. The van der Waals surface area contributed by atoms with Crippen LogP contribution in [0.5, 0.6) is 0 Å². The molecule has 2 rings (SSSR count). The maximum Gasteiger partial charge on any atom is 0.416 e. The van der Waals surface area contributed by atoms with Crippen molar-refractivity contribution in [2.24, 2.45) is 4.99 Å². The Labute approximate surface area is 95.6 Å². The van der Waals surface area contributed by atoms with Crippen molar-refractivity contribution < 1.29 is 18.0 Å². The lowest BCUT2D eigenvalue weighted by Gasteiger charge is -2.18. The van der Waals surface area contributed by atoms with E-state index in [0.29, 0.717) is 5.69 Å². The van der Waals surface area contributed by atoms with E-state index in [1.165, 1.54) is 24.2 Å². The minimum Gasteiger partial charge on any atom is -0.313 e. The highest BCUT2D eigenvalue weighted by Gasteiger charge is 2.32. The summed E-state index contributed by atoms with van der Waals surface area (Å²) in [5.41, 5.74) is -0.238. The van der Waals surface area contributed by atoms with Crippen LogP contribution in [-0.2, 0) is 11.0 Å². The molecule has 1 amide bonds. The van der Waals surface area contributed by atoms with Crippen LogP contribution in [0.3, 0.4) is 0 Å². The summed E-state index contributed by atoms with van der Waals surface area (Å²) in [6, 6.07) is 3.17. The Hall–Kier alpha value is -1.85. The monoisotopic (exact) mass is 242 g/mol. The summed E-state index contributed by atoms with van der Waals surface area (Å²) in [6.45, 7) is 0. The van der Waals surface area contributed by atoms with Gasteiger partial charge < -0.3 is 4.90 Å². The number of nitrogens with zero attached hydrogens (tertiary/aromatic N) is 2. The fraction of sp³-hybridized carbons (Fsp3) is 0.273. The third-order valence-electron chi connectivity index (χ3n) is 2.53. The minimum absolute atomic E-state index is 0.0898. The standard InChI is InChI=1S/C11H9F3N2O/c1-16-9-6-7(11(12,13)14)2-3-8(9)15-5-4-10(16)17/h2-3,5-6H,4H2,1H3. The number of fused-ring (bicyclic) bond motifs is 1. The maximum absolute atomic E-state index is 12.5. The highest BCUT2D eigenvalue weighted by molar-refractivity contribution is 6.05. The van der Waals surface area contributed by atoms with Gasteiger partial charge in [-0.2, -0.15) is 13.2 Å². The molecule has 0 N–H and O–H groups in total. The van der Waals surface area contributed by atoms with Gasteiger partial charge in [-0.05, 0) is 18.2 Å². The van der Waals surface area contributed by atoms with Gasteiger partial charge >= 0.3 is 6.18 Å². The molecular weight excluding hydrogens is 233 g/mol. The van der Waals surface area contributed by atoms with Gasteiger partial charge in [-0.1, -0.05) is 0 Å². The quantitative estimate of drug-likeness (QED) is 0.688. The van der Waals surface area contributed by atoms with Gasteiger partial charge in [0.15, 0.2) is 0 Å². The molecule has 90 valence electrons. The first-order valence-electron chi connectivity index (χ1n) is 4.90. The predicted octanol–water partition coefficient (Wildman–Crippen LogP) is 2.77. The van der Waals surface area contributed by atoms with Gasteiger partial charge in [0, 0.05) is 13.3 Å². The first kappa shape index (κ1) is 11.6. The number of carbonyl (C=O) groups is 1. The van der Waals surface area contributed by atoms with Crippen molar-refractivity contribution in [2.45, 2.75) is 12.6 Å². The minimum atomic E-state index is -4.42. The molecule has 0 saturated heterocycles. The summed E-state index contributed by atoms with van der Waals surface area (Å²) >= 11 is 0. The number of carbonyl (C=O) groups excluding carboxylic acids is 1. The van der Waals surface area contributed by atoms with Crippen molar-refractivity contribution in [3.05, 3.63) is 23.8 Å². The molecule has 17 heavy (non-hydrogen) atoms. The molecule has 1 heterocycles. The molecule has 3 nitrogen and oxygen atoms in total. The van der Waals surface area contributed by atoms with Crippen LogP contribution < -0.4 is 4.90 Å². The molecular formula is C11H9F3N2O. The van der Waals surface area contributed by atoms with Gasteiger partial charge in [-0.15, -0.1) is 0 Å². The van der Waals surface area contributed by atoms with Gasteiger partial charge in [0.05, 0.1) is 23.4 Å². The molecule has 1 aliphatic rings. The molecule has 0 saturated carbocycles. The van der Waals surface area contributed by atoms with Crippen LogP contribution in [0.25, 0.3) is 0 Å². The van der Waals surface area contributed by atoms with Crippen molar-refractivity contribution in [2.75, 3.05) is 11.9 Å². The van der Waals surface area contributed by atoms with Gasteiger partial charge in [-0.25, -0.2) is 0 Å². The molecule has 0 atom stereocenters. The molecule has 0 spiro atoms. The zero-order valence-electron chi connectivity index (χ0n) is 8.95. The number of alkyl halides is 3. The van der Waals surface area contributed by atoms with Crippen LogP contribution in [0, 0.1) is 0 Å². The summed E-state index contributed by atoms with van der Waals surface area (Å²) in [5, 5.41) is 0. The number of hydrogen-bond donors (Lipinski definition) is 0. The first-order valence-corrected chi connectivity index (χ1v) is 4.90. The van der Waals surface area contributed by atoms with E-state index in [9.17, 15) is 18.0 Å². The molecule has 0 bridgehead atoms. The topological polar surface area (TPSA) is 32.7 Å². The van der Waals surface area contributed by atoms with Gasteiger partial charge in [0.2, 0.25) is 5.91 Å². The van der Waals surface area contributed by atoms with Gasteiger partial charge in [0.25, 0.3) is 0 Å². The molecule has 6 heteroatoms. The number of benzene rings is 1. The molecule has 0 aliphatic carbocycles. The van der Waals surface area contributed by atoms with Gasteiger partial charge in [-0.3, -0.25) is 9.79 Å². The molecule has 0 fully saturated rings. The average Bonchev–Trinajstić information content (AvgIpc) is 2.39. The number of halogens is 3. The van der Waals surface area contributed by atoms with E-state index in [1.54, 1.807) is 0 Å². The van der Waals surface area contributed by atoms with Crippen LogP contribution in [0.4, 0.5) is 24.5 Å². The Morgan fingerprint density at radius 3 is 2.71 bits per heavy atom. The molecule has 1 aromatic rings. The average molecular weight is 242 g/mol. The Balaban J connectivity index is 2.54. The lowest BCUT2D eigenvalue weighted by Crippen LogP contribution is -2.25. The summed E-state index contributed by atoms with van der Waals surface area (Å²) in [4.78, 5) is 16.6. The van der Waals surface area contributed by atoms with Crippen molar-refractivity contribution in [3.8, 4) is 0 Å². The van der Waals surface area contributed by atoms with E-state index in [4.69, 9.17) is 0 Å².